The van der Waals surface area contributed by atoms with Gasteiger partial charge >= 0.3 is 12.1 Å². The van der Waals surface area contributed by atoms with Crippen molar-refractivity contribution in [2.45, 2.75) is 24.7 Å². The first kappa shape index (κ1) is 16.5. The molecule has 0 radical (unpaired) electrons. The third-order valence-corrected chi connectivity index (χ3v) is 3.18. The highest BCUT2D eigenvalue weighted by Gasteiger charge is 2.37. The molecule has 1 rings (SSSR count). The van der Waals surface area contributed by atoms with E-state index in [1.54, 1.807) is 6.92 Å². The summed E-state index contributed by atoms with van der Waals surface area (Å²) >= 11 is 0.784. The fourth-order valence-corrected chi connectivity index (χ4v) is 2.03. The minimum Gasteiger partial charge on any atom is -0.466 e. The second-order valence-corrected chi connectivity index (χ2v) is 4.61. The van der Waals surface area contributed by atoms with E-state index in [9.17, 15) is 22.8 Å². The molecule has 0 aromatic carbocycles. The van der Waals surface area contributed by atoms with E-state index in [-0.39, 0.29) is 17.5 Å². The predicted molar refractivity (Wildman–Crippen MR) is 63.0 cm³/mol. The van der Waals surface area contributed by atoms with Crippen LogP contribution in [0.3, 0.4) is 0 Å². The van der Waals surface area contributed by atoms with Crippen LogP contribution in [0.4, 0.5) is 13.2 Å². The topological polar surface area (TPSA) is 74.1 Å². The van der Waals surface area contributed by atoms with Gasteiger partial charge in [-0.2, -0.15) is 13.2 Å². The minimum atomic E-state index is -4.60. The lowest BCUT2D eigenvalue weighted by Crippen LogP contribution is -2.14. The second-order valence-electron chi connectivity index (χ2n) is 3.67. The van der Waals surface area contributed by atoms with Crippen molar-refractivity contribution >= 4 is 23.5 Å². The molecule has 0 fully saturated rings. The molecule has 0 unspecified atom stereocenters. The summed E-state index contributed by atoms with van der Waals surface area (Å²) in [5.41, 5.74) is 0. The van der Waals surface area contributed by atoms with Gasteiger partial charge in [0.2, 0.25) is 5.82 Å². The lowest BCUT2D eigenvalue weighted by Gasteiger charge is -2.06. The number of carbonyl (C=O) groups is 2. The second kappa shape index (κ2) is 6.73. The van der Waals surface area contributed by atoms with Crippen LogP contribution in [-0.2, 0) is 27.5 Å². The Morgan fingerprint density at radius 1 is 1.35 bits per heavy atom. The van der Waals surface area contributed by atoms with Crippen molar-refractivity contribution in [2.75, 3.05) is 12.4 Å². The van der Waals surface area contributed by atoms with Gasteiger partial charge in [0.15, 0.2) is 10.9 Å². The van der Waals surface area contributed by atoms with Crippen molar-refractivity contribution in [1.29, 1.82) is 0 Å². The highest BCUT2D eigenvalue weighted by Crippen LogP contribution is 2.29. The molecule has 20 heavy (non-hydrogen) atoms. The molecule has 0 bridgehead atoms. The maximum atomic E-state index is 12.5. The highest BCUT2D eigenvalue weighted by molar-refractivity contribution is 7.99. The molecular formula is C10H12F3N3O3S. The minimum absolute atomic E-state index is 0.0467. The zero-order valence-corrected chi connectivity index (χ0v) is 11.5. The molecule has 0 saturated carbocycles. The number of halogens is 3. The van der Waals surface area contributed by atoms with E-state index >= 15 is 0 Å². The molecule has 112 valence electrons. The lowest BCUT2D eigenvalue weighted by atomic mass is 10.3. The number of hydrogen-bond acceptors (Lipinski definition) is 6. The van der Waals surface area contributed by atoms with E-state index in [1.807, 2.05) is 0 Å². The molecule has 6 nitrogen and oxygen atoms in total. The van der Waals surface area contributed by atoms with Crippen molar-refractivity contribution in [3.05, 3.63) is 5.82 Å². The van der Waals surface area contributed by atoms with Gasteiger partial charge in [0.05, 0.1) is 12.4 Å². The van der Waals surface area contributed by atoms with Crippen molar-refractivity contribution in [2.24, 2.45) is 7.05 Å². The number of Topliss-reactive ketones (excluding diaryl/α,β-unsaturated/α-hetero) is 1. The van der Waals surface area contributed by atoms with Crippen LogP contribution in [0.5, 0.6) is 0 Å². The van der Waals surface area contributed by atoms with Crippen LogP contribution in [0, 0.1) is 0 Å². The monoisotopic (exact) mass is 311 g/mol. The lowest BCUT2D eigenvalue weighted by molar-refractivity contribution is -0.147. The fourth-order valence-electron chi connectivity index (χ4n) is 1.26. The number of aromatic nitrogens is 3. The summed E-state index contributed by atoms with van der Waals surface area (Å²) in [5.74, 6) is -2.43. The zero-order chi connectivity index (χ0) is 15.3. The molecule has 0 amide bonds. The number of alkyl halides is 3. The largest absolute Gasteiger partial charge is 0.466 e. The number of ketones is 1. The maximum Gasteiger partial charge on any atom is 0.451 e. The Bertz CT molecular complexity index is 502. The molecule has 1 heterocycles. The average molecular weight is 311 g/mol. The van der Waals surface area contributed by atoms with Crippen molar-refractivity contribution < 1.29 is 27.5 Å². The molecule has 0 N–H and O–H groups in total. The molecule has 0 atom stereocenters. The zero-order valence-electron chi connectivity index (χ0n) is 10.7. The first-order chi connectivity index (χ1) is 9.25. The van der Waals surface area contributed by atoms with Gasteiger partial charge in [0.1, 0.15) is 6.42 Å². The third kappa shape index (κ3) is 4.51. The number of nitrogens with zero attached hydrogens (tertiary/aromatic N) is 3. The van der Waals surface area contributed by atoms with E-state index < -0.39 is 30.2 Å². The Hall–Kier alpha value is -1.58. The third-order valence-electron chi connectivity index (χ3n) is 2.10. The molecule has 0 saturated heterocycles. The summed E-state index contributed by atoms with van der Waals surface area (Å²) in [6.07, 6.45) is -5.01. The maximum absolute atomic E-state index is 12.5. The normalized spacial score (nSPS) is 11.4. The molecular weight excluding hydrogens is 299 g/mol. The summed E-state index contributed by atoms with van der Waals surface area (Å²) < 4.78 is 42.7. The predicted octanol–water partition coefficient (Wildman–Crippen LogP) is 1.45. The molecule has 1 aromatic rings. The van der Waals surface area contributed by atoms with Gasteiger partial charge in [0.25, 0.3) is 0 Å². The van der Waals surface area contributed by atoms with Crippen LogP contribution < -0.4 is 0 Å². The molecule has 1 aromatic heterocycles. The Kier molecular flexibility index (Phi) is 5.54. The fraction of sp³-hybridized carbons (Fsp3) is 0.600. The summed E-state index contributed by atoms with van der Waals surface area (Å²) in [5, 5.41) is 6.33. The summed E-state index contributed by atoms with van der Waals surface area (Å²) in [6.45, 7) is 1.77. The van der Waals surface area contributed by atoms with E-state index in [2.05, 4.69) is 14.9 Å². The number of hydrogen-bond donors (Lipinski definition) is 0. The standard InChI is InChI=1S/C10H12F3N3O3S/c1-3-19-7(18)4-6(17)5-20-9-15-14-8(16(9)2)10(11,12)13/h3-5H2,1-2H3. The Morgan fingerprint density at radius 2 is 2.00 bits per heavy atom. The van der Waals surface area contributed by atoms with Gasteiger partial charge in [-0.1, -0.05) is 11.8 Å². The van der Waals surface area contributed by atoms with E-state index in [0.29, 0.717) is 0 Å². The first-order valence-electron chi connectivity index (χ1n) is 5.52. The van der Waals surface area contributed by atoms with Gasteiger partial charge in [-0.25, -0.2) is 0 Å². The molecule has 10 heteroatoms. The van der Waals surface area contributed by atoms with Crippen LogP contribution in [0.15, 0.2) is 5.16 Å². The number of rotatable bonds is 6. The van der Waals surface area contributed by atoms with Gasteiger partial charge in [0, 0.05) is 7.05 Å². The van der Waals surface area contributed by atoms with Gasteiger partial charge in [-0.05, 0) is 6.92 Å². The van der Waals surface area contributed by atoms with Gasteiger partial charge in [-0.3, -0.25) is 9.59 Å². The smallest absolute Gasteiger partial charge is 0.451 e. The van der Waals surface area contributed by atoms with Crippen LogP contribution in [0.1, 0.15) is 19.2 Å². The average Bonchev–Trinajstić information content (AvgIpc) is 2.68. The molecule has 0 aliphatic carbocycles. The van der Waals surface area contributed by atoms with Crippen molar-refractivity contribution in [1.82, 2.24) is 14.8 Å². The van der Waals surface area contributed by atoms with E-state index in [1.165, 1.54) is 0 Å². The van der Waals surface area contributed by atoms with Gasteiger partial charge in [-0.15, -0.1) is 10.2 Å². The van der Waals surface area contributed by atoms with Crippen LogP contribution >= 0.6 is 11.8 Å². The SMILES string of the molecule is CCOC(=O)CC(=O)CSc1nnc(C(F)(F)F)n1C. The molecule has 0 spiro atoms. The Balaban J connectivity index is 2.57. The molecule has 0 aliphatic heterocycles. The van der Waals surface area contributed by atoms with Crippen LogP contribution in [0.25, 0.3) is 0 Å². The first-order valence-corrected chi connectivity index (χ1v) is 6.51. The summed E-state index contributed by atoms with van der Waals surface area (Å²) in [4.78, 5) is 22.4. The number of esters is 1. The van der Waals surface area contributed by atoms with E-state index in [0.717, 1.165) is 23.4 Å². The number of carbonyl (C=O) groups excluding carboxylic acids is 2. The van der Waals surface area contributed by atoms with Crippen LogP contribution in [-0.4, -0.2) is 38.9 Å². The van der Waals surface area contributed by atoms with Gasteiger partial charge < -0.3 is 9.30 Å². The summed E-state index contributed by atoms with van der Waals surface area (Å²) in [7, 11) is 1.15. The van der Waals surface area contributed by atoms with Crippen molar-refractivity contribution in [3.63, 3.8) is 0 Å². The number of ether oxygens (including phenoxy) is 1. The molecule has 0 aliphatic rings. The summed E-state index contributed by atoms with van der Waals surface area (Å²) in [6, 6.07) is 0. The van der Waals surface area contributed by atoms with Crippen molar-refractivity contribution in [3.8, 4) is 0 Å². The Morgan fingerprint density at radius 3 is 2.50 bits per heavy atom. The van der Waals surface area contributed by atoms with E-state index in [4.69, 9.17) is 0 Å². The quantitative estimate of drug-likeness (QED) is 0.450. The Labute approximate surface area is 116 Å². The number of thioether (sulfide) groups is 1. The van der Waals surface area contributed by atoms with Crippen LogP contribution in [0.2, 0.25) is 0 Å². The highest BCUT2D eigenvalue weighted by atomic mass is 32.2.